The number of carbonyl (C=O) groups excluding carboxylic acids is 1. The molecule has 0 aliphatic rings. The Bertz CT molecular complexity index is 474. The number of rotatable bonds is 3. The Morgan fingerprint density at radius 2 is 1.92 bits per heavy atom. The van der Waals surface area contributed by atoms with Gasteiger partial charge in [0.25, 0.3) is 0 Å². The summed E-state index contributed by atoms with van der Waals surface area (Å²) in [6.07, 6.45) is 0.802. The first-order valence-electron chi connectivity index (χ1n) is 6.51. The van der Waals surface area contributed by atoms with E-state index in [2.05, 4.69) is 24.7 Å². The number of allylic oxidation sites excluding steroid dienone is 1. The zero-order valence-electron chi connectivity index (χ0n) is 15.6. The van der Waals surface area contributed by atoms with Crippen LogP contribution < -0.4 is 37.7 Å². The van der Waals surface area contributed by atoms with Gasteiger partial charge in [0.15, 0.2) is 0 Å². The molecule has 0 radical (unpaired) electrons. The van der Waals surface area contributed by atoms with Gasteiger partial charge in [0, 0.05) is 0 Å². The largest absolute Gasteiger partial charge is 1.00 e. The topological polar surface area (TPSA) is 48.6 Å². The minimum atomic E-state index is -0.373. The summed E-state index contributed by atoms with van der Waals surface area (Å²) in [5.41, 5.74) is 2.33. The van der Waals surface area contributed by atoms with Crippen LogP contribution in [-0.4, -0.2) is 15.8 Å². The van der Waals surface area contributed by atoms with Gasteiger partial charge in [-0.25, -0.2) is 12.0 Å². The molecule has 0 unspecified atom stereocenters. The maximum Gasteiger partial charge on any atom is 1.00 e. The monoisotopic (exact) mass is 425 g/mol. The predicted molar refractivity (Wildman–Crippen MR) is 101 cm³/mol. The summed E-state index contributed by atoms with van der Waals surface area (Å²) in [6, 6.07) is 8.71. The molecule has 0 N–H and O–H groups in total. The summed E-state index contributed by atoms with van der Waals surface area (Å²) in [7, 11) is 0. The fourth-order valence-corrected chi connectivity index (χ4v) is 0.855. The Morgan fingerprint density at radius 3 is 2.08 bits per heavy atom. The van der Waals surface area contributed by atoms with Crippen molar-refractivity contribution in [2.75, 3.05) is 0 Å². The summed E-state index contributed by atoms with van der Waals surface area (Å²) in [4.78, 5) is 9.47. The van der Waals surface area contributed by atoms with Crippen LogP contribution in [0.2, 0.25) is 0 Å². The Kier molecular flexibility index (Phi) is 23.4. The zero-order chi connectivity index (χ0) is 17.8. The SMILES string of the molecule is CC(C)(C)O[C-]=O.[CH-]=C(C)C(=[N-])I.[CH2-]Cc1c[c-]ccc1[CH2-].[Li+].[Li+]. The van der Waals surface area contributed by atoms with Crippen LogP contribution in [0, 0.1) is 26.5 Å². The molecule has 24 heavy (non-hydrogen) atoms. The molecule has 124 valence electrons. The molecular formula is C18H22ILi2NO2-4. The van der Waals surface area contributed by atoms with E-state index in [1.165, 1.54) is 12.0 Å². The van der Waals surface area contributed by atoms with Crippen molar-refractivity contribution in [3.05, 3.63) is 66.8 Å². The normalized spacial score (nSPS) is 8.58. The van der Waals surface area contributed by atoms with E-state index in [1.54, 1.807) is 50.3 Å². The quantitative estimate of drug-likeness (QED) is 0.262. The molecule has 0 spiro atoms. The van der Waals surface area contributed by atoms with Gasteiger partial charge in [-0.3, -0.25) is 10.3 Å². The molecule has 3 nitrogen and oxygen atoms in total. The van der Waals surface area contributed by atoms with Crippen molar-refractivity contribution in [2.24, 2.45) is 0 Å². The van der Waals surface area contributed by atoms with Crippen LogP contribution in [0.15, 0.2) is 23.8 Å². The first-order valence-corrected chi connectivity index (χ1v) is 7.59. The molecule has 0 fully saturated rings. The molecule has 1 aromatic rings. The third kappa shape index (κ3) is 21.9. The van der Waals surface area contributed by atoms with Crippen molar-refractivity contribution in [2.45, 2.75) is 39.7 Å². The van der Waals surface area contributed by atoms with E-state index >= 15 is 0 Å². The standard InChI is InChI=1S/C9H9.C5H9O2.C4H4IN.2Li/c1-3-9-7-5-4-6-8(9)2;1-5(2,3)7-4-6;1-3(2)4(5)6;;/h4,6-7H,1-3H2;1-3H3;1H,2H3;;/q-3;-1;-2;2*+1. The first kappa shape index (κ1) is 31.6. The van der Waals surface area contributed by atoms with Gasteiger partial charge >= 0.3 is 37.7 Å². The molecule has 0 aliphatic heterocycles. The van der Waals surface area contributed by atoms with Crippen LogP contribution in [0.1, 0.15) is 38.8 Å². The van der Waals surface area contributed by atoms with Gasteiger partial charge in [-0.15, -0.1) is 0 Å². The molecule has 0 saturated heterocycles. The Balaban J connectivity index is -0.000000123. The second-order valence-corrected chi connectivity index (χ2v) is 6.24. The molecule has 6 heteroatoms. The molecular weight excluding hydrogens is 403 g/mol. The number of ether oxygens (including phenoxy) is 1. The van der Waals surface area contributed by atoms with E-state index in [0.717, 1.165) is 12.0 Å². The molecule has 0 atom stereocenters. The van der Waals surface area contributed by atoms with Crippen molar-refractivity contribution >= 4 is 32.8 Å². The van der Waals surface area contributed by atoms with Gasteiger partial charge in [0.1, 0.15) is 0 Å². The third-order valence-electron chi connectivity index (χ3n) is 1.99. The molecule has 1 aromatic carbocycles. The van der Waals surface area contributed by atoms with E-state index in [-0.39, 0.29) is 47.0 Å². The van der Waals surface area contributed by atoms with E-state index in [9.17, 15) is 4.79 Å². The fraction of sp³-hybridized carbons (Fsp3) is 0.333. The number of hydrogen-bond acceptors (Lipinski definition) is 2. The van der Waals surface area contributed by atoms with Crippen molar-refractivity contribution < 1.29 is 47.3 Å². The summed E-state index contributed by atoms with van der Waals surface area (Å²) in [5.74, 6) is 0. The van der Waals surface area contributed by atoms with Crippen molar-refractivity contribution in [1.29, 1.82) is 0 Å². The maximum absolute atomic E-state index is 9.47. The molecule has 1 rings (SSSR count). The number of hydrogen-bond donors (Lipinski definition) is 0. The van der Waals surface area contributed by atoms with E-state index < -0.39 is 0 Å². The first-order chi connectivity index (χ1) is 10.0. The third-order valence-corrected chi connectivity index (χ3v) is 2.84. The Morgan fingerprint density at radius 1 is 1.46 bits per heavy atom. The van der Waals surface area contributed by atoms with Gasteiger partial charge < -0.3 is 21.9 Å². The van der Waals surface area contributed by atoms with Crippen molar-refractivity contribution in [3.8, 4) is 0 Å². The fourth-order valence-electron chi connectivity index (χ4n) is 0.855. The molecule has 0 amide bonds. The number of nitrogens with zero attached hydrogens (tertiary/aromatic N) is 1. The van der Waals surface area contributed by atoms with Crippen LogP contribution in [0.25, 0.3) is 5.41 Å². The minimum absolute atomic E-state index is 0. The second kappa shape index (κ2) is 17.7. The summed E-state index contributed by atoms with van der Waals surface area (Å²) in [6.45, 7) is 21.0. The van der Waals surface area contributed by atoms with Crippen LogP contribution >= 0.6 is 22.6 Å². The van der Waals surface area contributed by atoms with Crippen molar-refractivity contribution in [1.82, 2.24) is 0 Å². The van der Waals surface area contributed by atoms with Gasteiger partial charge in [0.2, 0.25) is 0 Å². The molecule has 0 saturated carbocycles. The predicted octanol–water partition coefficient (Wildman–Crippen LogP) is -1.31. The van der Waals surface area contributed by atoms with Crippen LogP contribution in [-0.2, 0) is 16.0 Å². The van der Waals surface area contributed by atoms with Gasteiger partial charge in [0.05, 0.1) is 5.60 Å². The zero-order valence-corrected chi connectivity index (χ0v) is 17.7. The molecule has 0 aromatic heterocycles. The van der Waals surface area contributed by atoms with Gasteiger partial charge in [-0.05, 0) is 20.8 Å². The van der Waals surface area contributed by atoms with Crippen LogP contribution in [0.4, 0.5) is 0 Å². The van der Waals surface area contributed by atoms with E-state index in [4.69, 9.17) is 12.0 Å². The van der Waals surface area contributed by atoms with E-state index in [0.29, 0.717) is 5.57 Å². The Labute approximate surface area is 185 Å². The van der Waals surface area contributed by atoms with Gasteiger partial charge in [-0.2, -0.15) is 64.9 Å². The number of benzene rings is 1. The molecule has 0 aliphatic carbocycles. The number of halogens is 1. The van der Waals surface area contributed by atoms with Crippen LogP contribution in [0.5, 0.6) is 0 Å². The van der Waals surface area contributed by atoms with Crippen LogP contribution in [0.3, 0.4) is 0 Å². The smallest absolute Gasteiger partial charge is 0.899 e. The van der Waals surface area contributed by atoms with Gasteiger partial charge in [-0.1, -0.05) is 13.4 Å². The van der Waals surface area contributed by atoms with Crippen molar-refractivity contribution in [3.63, 3.8) is 0 Å². The summed E-state index contributed by atoms with van der Waals surface area (Å²) in [5, 5.41) is 8.37. The molecule has 0 heterocycles. The minimum Gasteiger partial charge on any atom is -0.899 e. The average molecular weight is 425 g/mol. The summed E-state index contributed by atoms with van der Waals surface area (Å²) >= 11 is 1.74. The Hall–Kier alpha value is -0.105. The van der Waals surface area contributed by atoms with E-state index in [1.807, 2.05) is 18.2 Å². The average Bonchev–Trinajstić information content (AvgIpc) is 2.39. The summed E-state index contributed by atoms with van der Waals surface area (Å²) < 4.78 is 4.60. The second-order valence-electron chi connectivity index (χ2n) is 5.22. The maximum atomic E-state index is 9.47. The molecule has 0 bridgehead atoms.